The van der Waals surface area contributed by atoms with E-state index < -0.39 is 0 Å². The first-order valence-corrected chi connectivity index (χ1v) is 10.7. The summed E-state index contributed by atoms with van der Waals surface area (Å²) in [5.41, 5.74) is 0. The smallest absolute Gasteiger partial charge is 0.253 e. The summed E-state index contributed by atoms with van der Waals surface area (Å²) in [6.45, 7) is 6.19. The lowest BCUT2D eigenvalue weighted by Crippen LogP contribution is -2.31. The van der Waals surface area contributed by atoms with Gasteiger partial charge in [0.05, 0.1) is 26.4 Å². The van der Waals surface area contributed by atoms with Crippen molar-refractivity contribution in [2.45, 2.75) is 51.9 Å². The standard InChI is InChI=1S/C21H36N2O6/c1-2-3-4-5-8-19(24)22-11-6-13-27-15-17-29-18-16-28-14-7-12-23-20(25)9-10-21(23)26/h9-10H,2-8,11-18H2,1H3,(H,22,24). The highest BCUT2D eigenvalue weighted by Crippen LogP contribution is 2.04. The van der Waals surface area contributed by atoms with Crippen LogP contribution in [0.1, 0.15) is 51.9 Å². The van der Waals surface area contributed by atoms with Crippen LogP contribution in [-0.2, 0) is 28.6 Å². The molecule has 1 aliphatic heterocycles. The molecule has 0 unspecified atom stereocenters. The van der Waals surface area contributed by atoms with Crippen molar-refractivity contribution in [2.75, 3.05) is 52.7 Å². The lowest BCUT2D eigenvalue weighted by atomic mass is 10.1. The van der Waals surface area contributed by atoms with Crippen LogP contribution < -0.4 is 5.32 Å². The van der Waals surface area contributed by atoms with Gasteiger partial charge in [0.25, 0.3) is 11.8 Å². The number of hydrogen-bond acceptors (Lipinski definition) is 6. The van der Waals surface area contributed by atoms with Gasteiger partial charge < -0.3 is 19.5 Å². The van der Waals surface area contributed by atoms with Gasteiger partial charge in [-0.25, -0.2) is 0 Å². The van der Waals surface area contributed by atoms with Crippen LogP contribution in [-0.4, -0.2) is 75.4 Å². The maximum absolute atomic E-state index is 11.6. The molecule has 1 rings (SSSR count). The minimum absolute atomic E-state index is 0.125. The highest BCUT2D eigenvalue weighted by Gasteiger charge is 2.22. The Hall–Kier alpha value is -1.77. The van der Waals surface area contributed by atoms with Crippen molar-refractivity contribution in [3.8, 4) is 0 Å². The molecule has 0 spiro atoms. The van der Waals surface area contributed by atoms with Crippen molar-refractivity contribution in [1.82, 2.24) is 10.2 Å². The number of hydrogen-bond donors (Lipinski definition) is 1. The van der Waals surface area contributed by atoms with E-state index >= 15 is 0 Å². The van der Waals surface area contributed by atoms with E-state index in [2.05, 4.69) is 12.2 Å². The summed E-state index contributed by atoms with van der Waals surface area (Å²) in [6.07, 6.45) is 9.04. The summed E-state index contributed by atoms with van der Waals surface area (Å²) in [5, 5.41) is 2.91. The fourth-order valence-electron chi connectivity index (χ4n) is 2.72. The maximum Gasteiger partial charge on any atom is 0.253 e. The van der Waals surface area contributed by atoms with Crippen LogP contribution >= 0.6 is 0 Å². The summed E-state index contributed by atoms with van der Waals surface area (Å²) < 4.78 is 16.3. The van der Waals surface area contributed by atoms with Gasteiger partial charge >= 0.3 is 0 Å². The molecule has 0 atom stereocenters. The van der Waals surface area contributed by atoms with Crippen LogP contribution in [0.2, 0.25) is 0 Å². The third-order valence-corrected chi connectivity index (χ3v) is 4.36. The number of carbonyl (C=O) groups excluding carboxylic acids is 3. The van der Waals surface area contributed by atoms with Crippen molar-refractivity contribution in [2.24, 2.45) is 0 Å². The average Bonchev–Trinajstić information content (AvgIpc) is 3.03. The Kier molecular flexibility index (Phi) is 14.9. The van der Waals surface area contributed by atoms with E-state index in [-0.39, 0.29) is 17.7 Å². The largest absolute Gasteiger partial charge is 0.379 e. The number of ether oxygens (including phenoxy) is 3. The second-order valence-electron chi connectivity index (χ2n) is 6.87. The number of imide groups is 1. The molecule has 0 saturated carbocycles. The number of amides is 3. The topological polar surface area (TPSA) is 94.2 Å². The molecule has 0 aromatic heterocycles. The average molecular weight is 413 g/mol. The van der Waals surface area contributed by atoms with E-state index in [0.29, 0.717) is 65.6 Å². The number of unbranched alkanes of at least 4 members (excludes halogenated alkanes) is 3. The van der Waals surface area contributed by atoms with Gasteiger partial charge in [-0.1, -0.05) is 26.2 Å². The molecule has 29 heavy (non-hydrogen) atoms. The molecule has 0 aromatic rings. The highest BCUT2D eigenvalue weighted by atomic mass is 16.5. The molecule has 0 bridgehead atoms. The van der Waals surface area contributed by atoms with Crippen LogP contribution in [0.15, 0.2) is 12.2 Å². The minimum atomic E-state index is -0.261. The normalized spacial score (nSPS) is 13.5. The lowest BCUT2D eigenvalue weighted by molar-refractivity contribution is -0.137. The molecule has 0 aliphatic carbocycles. The Labute approximate surface area is 173 Å². The highest BCUT2D eigenvalue weighted by molar-refractivity contribution is 6.12. The summed E-state index contributed by atoms with van der Waals surface area (Å²) in [4.78, 5) is 35.5. The Bertz CT molecular complexity index is 491. The van der Waals surface area contributed by atoms with Gasteiger partial charge in [-0.05, 0) is 19.3 Å². The van der Waals surface area contributed by atoms with Gasteiger partial charge in [-0.3, -0.25) is 19.3 Å². The molecular formula is C21H36N2O6. The lowest BCUT2D eigenvalue weighted by Gasteiger charge is -2.13. The molecule has 1 heterocycles. The summed E-state index contributed by atoms with van der Waals surface area (Å²) in [6, 6.07) is 0. The van der Waals surface area contributed by atoms with E-state index in [1.54, 1.807) is 0 Å². The SMILES string of the molecule is CCCCCCC(=O)NCCCOCCOCCOCCCN1C(=O)C=CC1=O. The molecule has 8 nitrogen and oxygen atoms in total. The first kappa shape index (κ1) is 25.3. The van der Waals surface area contributed by atoms with Crippen LogP contribution in [0, 0.1) is 0 Å². The molecular weight excluding hydrogens is 376 g/mol. The Balaban J connectivity index is 1.75. The number of carbonyl (C=O) groups is 3. The van der Waals surface area contributed by atoms with Crippen LogP contribution in [0.3, 0.4) is 0 Å². The summed E-state index contributed by atoms with van der Waals surface area (Å²) in [7, 11) is 0. The molecule has 1 aliphatic rings. The van der Waals surface area contributed by atoms with Crippen molar-refractivity contribution in [3.05, 3.63) is 12.2 Å². The minimum Gasteiger partial charge on any atom is -0.379 e. The summed E-state index contributed by atoms with van der Waals surface area (Å²) >= 11 is 0. The molecule has 1 N–H and O–H groups in total. The Morgan fingerprint density at radius 1 is 0.828 bits per heavy atom. The number of nitrogens with one attached hydrogen (secondary N) is 1. The van der Waals surface area contributed by atoms with Crippen LogP contribution in [0.5, 0.6) is 0 Å². The van der Waals surface area contributed by atoms with Gasteiger partial charge in [0, 0.05) is 44.9 Å². The van der Waals surface area contributed by atoms with Crippen LogP contribution in [0.4, 0.5) is 0 Å². The number of nitrogens with zero attached hydrogens (tertiary/aromatic N) is 1. The molecule has 0 radical (unpaired) electrons. The van der Waals surface area contributed by atoms with Crippen molar-refractivity contribution in [1.29, 1.82) is 0 Å². The monoisotopic (exact) mass is 412 g/mol. The Morgan fingerprint density at radius 3 is 2.03 bits per heavy atom. The second-order valence-corrected chi connectivity index (χ2v) is 6.87. The Morgan fingerprint density at radius 2 is 1.41 bits per heavy atom. The molecule has 0 fully saturated rings. The van der Waals surface area contributed by atoms with E-state index in [9.17, 15) is 14.4 Å². The van der Waals surface area contributed by atoms with Crippen molar-refractivity contribution < 1.29 is 28.6 Å². The van der Waals surface area contributed by atoms with Gasteiger partial charge in [0.1, 0.15) is 0 Å². The van der Waals surface area contributed by atoms with E-state index in [0.717, 1.165) is 19.3 Å². The molecule has 8 heteroatoms. The van der Waals surface area contributed by atoms with Gasteiger partial charge in [-0.15, -0.1) is 0 Å². The van der Waals surface area contributed by atoms with E-state index in [1.165, 1.54) is 29.9 Å². The molecule has 166 valence electrons. The zero-order chi connectivity index (χ0) is 21.2. The maximum atomic E-state index is 11.6. The molecule has 0 saturated heterocycles. The number of rotatable bonds is 19. The predicted octanol–water partition coefficient (Wildman–Crippen LogP) is 1.83. The predicted molar refractivity (Wildman–Crippen MR) is 109 cm³/mol. The third kappa shape index (κ3) is 13.1. The van der Waals surface area contributed by atoms with Gasteiger partial charge in [0.15, 0.2) is 0 Å². The molecule has 3 amide bonds. The van der Waals surface area contributed by atoms with E-state index in [1.807, 2.05) is 0 Å². The fraction of sp³-hybridized carbons (Fsp3) is 0.762. The summed E-state index contributed by atoms with van der Waals surface area (Å²) in [5.74, 6) is -0.397. The fourth-order valence-corrected chi connectivity index (χ4v) is 2.72. The molecule has 0 aromatic carbocycles. The van der Waals surface area contributed by atoms with Gasteiger partial charge in [0.2, 0.25) is 5.91 Å². The van der Waals surface area contributed by atoms with Crippen molar-refractivity contribution in [3.63, 3.8) is 0 Å². The van der Waals surface area contributed by atoms with E-state index in [4.69, 9.17) is 14.2 Å². The third-order valence-electron chi connectivity index (χ3n) is 4.36. The van der Waals surface area contributed by atoms with Gasteiger partial charge in [-0.2, -0.15) is 0 Å². The first-order valence-electron chi connectivity index (χ1n) is 10.7. The second kappa shape index (κ2) is 17.1. The first-order chi connectivity index (χ1) is 14.1. The zero-order valence-corrected chi connectivity index (χ0v) is 17.7. The quantitative estimate of drug-likeness (QED) is 0.257. The zero-order valence-electron chi connectivity index (χ0n) is 17.7. The van der Waals surface area contributed by atoms with Crippen molar-refractivity contribution >= 4 is 17.7 Å². The van der Waals surface area contributed by atoms with Crippen LogP contribution in [0.25, 0.3) is 0 Å².